The first-order valence-corrected chi connectivity index (χ1v) is 9.45. The van der Waals surface area contributed by atoms with E-state index in [0.29, 0.717) is 0 Å². The Balaban J connectivity index is 0.00000182. The first-order valence-electron chi connectivity index (χ1n) is 9.07. The number of aryl methyl sites for hydroxylation is 2. The summed E-state index contributed by atoms with van der Waals surface area (Å²) in [5, 5.41) is 8.55. The van der Waals surface area contributed by atoms with E-state index >= 15 is 0 Å². The molecule has 1 N–H and O–H groups in total. The molecule has 2 aliphatic rings. The van der Waals surface area contributed by atoms with E-state index < -0.39 is 0 Å². The average Bonchev–Trinajstić information content (AvgIpc) is 3.21. The molecule has 0 saturated carbocycles. The van der Waals surface area contributed by atoms with E-state index in [4.69, 9.17) is 11.6 Å². The van der Waals surface area contributed by atoms with E-state index in [0.717, 1.165) is 37.6 Å². The van der Waals surface area contributed by atoms with Crippen LogP contribution in [0.3, 0.4) is 0 Å². The molecule has 1 saturated heterocycles. The van der Waals surface area contributed by atoms with E-state index in [1.54, 1.807) is 0 Å². The fourth-order valence-electron chi connectivity index (χ4n) is 3.95. The van der Waals surface area contributed by atoms with Gasteiger partial charge < -0.3 is 4.90 Å². The van der Waals surface area contributed by atoms with Crippen LogP contribution in [0.1, 0.15) is 29.8 Å². The zero-order valence-corrected chi connectivity index (χ0v) is 16.1. The van der Waals surface area contributed by atoms with Gasteiger partial charge in [0.1, 0.15) is 0 Å². The normalized spacial score (nSPS) is 17.4. The Morgan fingerprint density at radius 1 is 1.04 bits per heavy atom. The highest BCUT2D eigenvalue weighted by Gasteiger charge is 2.19. The van der Waals surface area contributed by atoms with Crippen molar-refractivity contribution in [1.82, 2.24) is 15.1 Å². The number of rotatable bonds is 5. The fraction of sp³-hybridized carbons (Fsp3) is 0.526. The molecule has 1 fully saturated rings. The number of nitrogens with one attached hydrogen (secondary N) is 1. The molecule has 0 atom stereocenters. The van der Waals surface area contributed by atoms with Gasteiger partial charge >= 0.3 is 0 Å². The van der Waals surface area contributed by atoms with Gasteiger partial charge in [0.25, 0.3) is 0 Å². The third-order valence-electron chi connectivity index (χ3n) is 5.34. The third-order valence-corrected chi connectivity index (χ3v) is 5.60. The van der Waals surface area contributed by atoms with Crippen molar-refractivity contribution in [3.63, 3.8) is 0 Å². The molecule has 1 aliphatic carbocycles. The monoisotopic (exact) mass is 380 g/mol. The summed E-state index contributed by atoms with van der Waals surface area (Å²) in [6.07, 6.45) is 6.03. The summed E-state index contributed by atoms with van der Waals surface area (Å²) in [6, 6.07) is 8.20. The van der Waals surface area contributed by atoms with E-state index in [-0.39, 0.29) is 12.4 Å². The van der Waals surface area contributed by atoms with Crippen molar-refractivity contribution in [2.24, 2.45) is 0 Å². The quantitative estimate of drug-likeness (QED) is 0.857. The maximum atomic E-state index is 5.97. The molecule has 2 heterocycles. The number of hydrogen-bond donors (Lipinski definition) is 1. The molecule has 0 bridgehead atoms. The Bertz CT molecular complexity index is 675. The van der Waals surface area contributed by atoms with Gasteiger partial charge in [-0.25, -0.2) is 0 Å². The highest BCUT2D eigenvalue weighted by atomic mass is 35.5. The minimum absolute atomic E-state index is 0. The van der Waals surface area contributed by atoms with Crippen LogP contribution in [0.2, 0.25) is 5.02 Å². The summed E-state index contributed by atoms with van der Waals surface area (Å²) >= 11 is 5.97. The number of benzene rings is 1. The van der Waals surface area contributed by atoms with Crippen LogP contribution in [0.15, 0.2) is 24.3 Å². The Kier molecular flexibility index (Phi) is 6.26. The second-order valence-electron chi connectivity index (χ2n) is 6.89. The van der Waals surface area contributed by atoms with Gasteiger partial charge in [-0.2, -0.15) is 5.10 Å². The van der Waals surface area contributed by atoms with Gasteiger partial charge in [0.15, 0.2) is 0 Å². The lowest BCUT2D eigenvalue weighted by molar-refractivity contribution is 0.255. The Hall–Kier alpha value is -1.23. The van der Waals surface area contributed by atoms with Crippen LogP contribution in [0.25, 0.3) is 0 Å². The number of hydrogen-bond acceptors (Lipinski definition) is 3. The highest BCUT2D eigenvalue weighted by Crippen LogP contribution is 2.24. The lowest BCUT2D eigenvalue weighted by atomic mass is 10.1. The standard InChI is InChI=1S/C19H25ClN4.ClH/c20-15-6-8-16(9-7-15)24-13-11-23(12-14-24)10-2-5-19-17-3-1-4-18(17)21-22-19;/h6-9H,1-5,10-14H2,(H,21,22);1H. The van der Waals surface area contributed by atoms with Gasteiger partial charge in [-0.3, -0.25) is 10.00 Å². The molecule has 136 valence electrons. The van der Waals surface area contributed by atoms with Crippen molar-refractivity contribution in [2.45, 2.75) is 32.1 Å². The second-order valence-corrected chi connectivity index (χ2v) is 7.33. The first kappa shape index (κ1) is 18.6. The minimum atomic E-state index is 0. The van der Waals surface area contributed by atoms with Gasteiger partial charge in [0.05, 0.1) is 5.69 Å². The highest BCUT2D eigenvalue weighted by molar-refractivity contribution is 6.30. The summed E-state index contributed by atoms with van der Waals surface area (Å²) in [7, 11) is 0. The number of H-pyrrole nitrogens is 1. The topological polar surface area (TPSA) is 35.2 Å². The third kappa shape index (κ3) is 4.30. The molecule has 2 aromatic rings. The van der Waals surface area contributed by atoms with Crippen molar-refractivity contribution in [2.75, 3.05) is 37.6 Å². The van der Waals surface area contributed by atoms with Crippen LogP contribution < -0.4 is 4.90 Å². The maximum Gasteiger partial charge on any atom is 0.0657 e. The Morgan fingerprint density at radius 3 is 2.56 bits per heavy atom. The smallest absolute Gasteiger partial charge is 0.0657 e. The Morgan fingerprint density at radius 2 is 1.80 bits per heavy atom. The molecule has 0 radical (unpaired) electrons. The van der Waals surface area contributed by atoms with Crippen LogP contribution in [0, 0.1) is 0 Å². The fourth-order valence-corrected chi connectivity index (χ4v) is 4.07. The van der Waals surface area contributed by atoms with Gasteiger partial charge in [-0.15, -0.1) is 12.4 Å². The van der Waals surface area contributed by atoms with E-state index in [1.165, 1.54) is 54.9 Å². The first-order chi connectivity index (χ1) is 11.8. The van der Waals surface area contributed by atoms with Crippen molar-refractivity contribution in [1.29, 1.82) is 0 Å². The molecule has 0 amide bonds. The van der Waals surface area contributed by atoms with Crippen molar-refractivity contribution in [3.8, 4) is 0 Å². The van der Waals surface area contributed by atoms with E-state index in [2.05, 4.69) is 32.1 Å². The molecule has 4 nitrogen and oxygen atoms in total. The number of nitrogens with zero attached hydrogens (tertiary/aromatic N) is 3. The summed E-state index contributed by atoms with van der Waals surface area (Å²) in [5.41, 5.74) is 5.51. The number of fused-ring (bicyclic) bond motifs is 1. The van der Waals surface area contributed by atoms with Gasteiger partial charge in [-0.05, 0) is 68.5 Å². The van der Waals surface area contributed by atoms with E-state index in [9.17, 15) is 0 Å². The number of anilines is 1. The zero-order chi connectivity index (χ0) is 16.4. The van der Waals surface area contributed by atoms with Gasteiger partial charge in [-0.1, -0.05) is 11.6 Å². The van der Waals surface area contributed by atoms with Gasteiger partial charge in [0.2, 0.25) is 0 Å². The molecule has 1 aromatic carbocycles. The minimum Gasteiger partial charge on any atom is -0.369 e. The molecule has 0 unspecified atom stereocenters. The lowest BCUT2D eigenvalue weighted by Crippen LogP contribution is -2.46. The number of halogens is 2. The predicted molar refractivity (Wildman–Crippen MR) is 106 cm³/mol. The number of aromatic nitrogens is 2. The maximum absolute atomic E-state index is 5.97. The molecule has 1 aliphatic heterocycles. The van der Waals surface area contributed by atoms with Crippen molar-refractivity contribution < 1.29 is 0 Å². The molecular formula is C19H26Cl2N4. The van der Waals surface area contributed by atoms with Crippen molar-refractivity contribution >= 4 is 29.7 Å². The van der Waals surface area contributed by atoms with Crippen LogP contribution in [-0.4, -0.2) is 47.8 Å². The zero-order valence-electron chi connectivity index (χ0n) is 14.5. The van der Waals surface area contributed by atoms with Gasteiger partial charge in [0, 0.05) is 42.6 Å². The molecular weight excluding hydrogens is 355 g/mol. The van der Waals surface area contributed by atoms with Crippen LogP contribution in [0.4, 0.5) is 5.69 Å². The van der Waals surface area contributed by atoms with Crippen molar-refractivity contribution in [3.05, 3.63) is 46.2 Å². The lowest BCUT2D eigenvalue weighted by Gasteiger charge is -2.36. The summed E-state index contributed by atoms with van der Waals surface area (Å²) < 4.78 is 0. The average molecular weight is 381 g/mol. The molecule has 25 heavy (non-hydrogen) atoms. The number of aromatic amines is 1. The molecule has 6 heteroatoms. The molecule has 1 aromatic heterocycles. The summed E-state index contributed by atoms with van der Waals surface area (Å²) in [6.45, 7) is 5.65. The summed E-state index contributed by atoms with van der Waals surface area (Å²) in [4.78, 5) is 5.03. The van der Waals surface area contributed by atoms with E-state index in [1.807, 2.05) is 12.1 Å². The predicted octanol–water partition coefficient (Wildman–Crippen LogP) is 3.73. The molecule has 4 rings (SSSR count). The SMILES string of the molecule is Cl.Clc1ccc(N2CCN(CCCc3n[nH]c4c3CCC4)CC2)cc1. The number of piperazine rings is 1. The van der Waals surface area contributed by atoms with Crippen LogP contribution in [0.5, 0.6) is 0 Å². The molecule has 0 spiro atoms. The second kappa shape index (κ2) is 8.43. The summed E-state index contributed by atoms with van der Waals surface area (Å²) in [5.74, 6) is 0. The largest absolute Gasteiger partial charge is 0.369 e. The van der Waals surface area contributed by atoms with Crippen LogP contribution >= 0.6 is 24.0 Å². The van der Waals surface area contributed by atoms with Crippen LogP contribution in [-0.2, 0) is 19.3 Å². The Labute approximate surface area is 160 Å².